The second-order valence-corrected chi connectivity index (χ2v) is 10.8. The molecule has 2 amide bonds. The molecule has 5 N–H and O–H groups in total. The first kappa shape index (κ1) is 24.4. The fourth-order valence-electron chi connectivity index (χ4n) is 5.15. The molecule has 10 heteroatoms. The third kappa shape index (κ3) is 4.36. The second-order valence-electron chi connectivity index (χ2n) is 9.67. The fourth-order valence-corrected chi connectivity index (χ4v) is 6.20. The van der Waals surface area contributed by atoms with E-state index in [4.69, 9.17) is 16.2 Å². The number of carbonyl (C=O) groups excluding carboxylic acids is 2. The van der Waals surface area contributed by atoms with Crippen LogP contribution in [0.1, 0.15) is 20.8 Å². The van der Waals surface area contributed by atoms with Crippen molar-refractivity contribution < 1.29 is 14.3 Å². The number of ether oxygens (including phenoxy) is 1. The summed E-state index contributed by atoms with van der Waals surface area (Å²) in [7, 11) is 0. The summed E-state index contributed by atoms with van der Waals surface area (Å²) in [6.07, 6.45) is 0. The highest BCUT2D eigenvalue weighted by molar-refractivity contribution is 7.15. The van der Waals surface area contributed by atoms with Gasteiger partial charge in [-0.15, -0.1) is 11.3 Å². The number of nitrogens with two attached hydrogens (primary N) is 2. The van der Waals surface area contributed by atoms with Crippen LogP contribution in [0.25, 0.3) is 32.6 Å². The summed E-state index contributed by atoms with van der Waals surface area (Å²) in [6.45, 7) is 8.46. The molecular weight excluding hydrogens is 500 g/mol. The number of anilines is 1. The molecule has 6 rings (SSSR count). The topological polar surface area (TPSA) is 131 Å². The summed E-state index contributed by atoms with van der Waals surface area (Å²) < 4.78 is 5.47. The minimum atomic E-state index is -0.624. The Balaban J connectivity index is 1.33. The number of amides is 2. The monoisotopic (exact) mass is 528 g/mol. The number of nitrogens with one attached hydrogen (secondary N) is 1. The van der Waals surface area contributed by atoms with E-state index < -0.39 is 5.91 Å². The standard InChI is InChI=1S/C28H28N6O3S/c1-16(27(30)35)13-34-15-21-19(4-5-22(29)25(21)28(34)36)17-2-6-23-20(12-17)26(32-31-23)24-7-3-18(38-24)14-33-8-10-37-11-9-33/h2-7,12H,1,8-11,13-15,29H2,(H2,30,35)(H,31,32). The molecule has 1 fully saturated rings. The van der Waals surface area contributed by atoms with Crippen LogP contribution in [-0.2, 0) is 22.6 Å². The molecule has 194 valence electrons. The molecule has 0 saturated carbocycles. The molecule has 38 heavy (non-hydrogen) atoms. The van der Waals surface area contributed by atoms with Crippen LogP contribution < -0.4 is 11.5 Å². The molecule has 4 heterocycles. The van der Waals surface area contributed by atoms with Crippen LogP contribution in [0.2, 0.25) is 0 Å². The van der Waals surface area contributed by atoms with E-state index in [1.807, 2.05) is 18.2 Å². The Morgan fingerprint density at radius 3 is 2.76 bits per heavy atom. The number of morpholine rings is 1. The van der Waals surface area contributed by atoms with Gasteiger partial charge in [0.05, 0.1) is 35.7 Å². The van der Waals surface area contributed by atoms with E-state index in [1.165, 1.54) is 4.88 Å². The van der Waals surface area contributed by atoms with Gasteiger partial charge in [0.2, 0.25) is 5.91 Å². The number of primary amides is 1. The van der Waals surface area contributed by atoms with Crippen molar-refractivity contribution >= 4 is 39.7 Å². The van der Waals surface area contributed by atoms with Crippen molar-refractivity contribution in [3.05, 3.63) is 70.6 Å². The van der Waals surface area contributed by atoms with Gasteiger partial charge in [-0.05, 0) is 47.0 Å². The molecule has 1 saturated heterocycles. The number of hydrogen-bond acceptors (Lipinski definition) is 7. The number of benzene rings is 2. The summed E-state index contributed by atoms with van der Waals surface area (Å²) in [5.74, 6) is -0.847. The van der Waals surface area contributed by atoms with Gasteiger partial charge < -0.3 is 21.1 Å². The van der Waals surface area contributed by atoms with Crippen LogP contribution >= 0.6 is 11.3 Å². The number of thiophene rings is 1. The van der Waals surface area contributed by atoms with Crippen molar-refractivity contribution in [1.29, 1.82) is 0 Å². The summed E-state index contributed by atoms with van der Waals surface area (Å²) >= 11 is 1.75. The van der Waals surface area contributed by atoms with Crippen molar-refractivity contribution in [3.63, 3.8) is 0 Å². The molecule has 2 aliphatic rings. The minimum Gasteiger partial charge on any atom is -0.398 e. The number of rotatable bonds is 7. The number of hydrogen-bond donors (Lipinski definition) is 3. The number of fused-ring (bicyclic) bond motifs is 2. The SMILES string of the molecule is C=C(CN1Cc2c(-c3ccc4[nH]nc(-c5ccc(CN6CCOCC6)s5)c4c3)ccc(N)c2C1=O)C(N)=O. The minimum absolute atomic E-state index is 0.0673. The lowest BCUT2D eigenvalue weighted by molar-refractivity contribution is -0.114. The average Bonchev–Trinajstić information content (AvgIpc) is 3.62. The maximum Gasteiger partial charge on any atom is 0.256 e. The van der Waals surface area contributed by atoms with Crippen molar-refractivity contribution in [3.8, 4) is 21.7 Å². The Morgan fingerprint density at radius 1 is 1.16 bits per heavy atom. The lowest BCUT2D eigenvalue weighted by atomic mass is 9.94. The Kier molecular flexibility index (Phi) is 6.22. The summed E-state index contributed by atoms with van der Waals surface area (Å²) in [5.41, 5.74) is 17.2. The van der Waals surface area contributed by atoms with E-state index in [-0.39, 0.29) is 18.0 Å². The molecule has 2 aromatic carbocycles. The van der Waals surface area contributed by atoms with Gasteiger partial charge in [-0.3, -0.25) is 19.6 Å². The molecule has 4 aromatic rings. The molecule has 9 nitrogen and oxygen atoms in total. The van der Waals surface area contributed by atoms with Gasteiger partial charge in [0.25, 0.3) is 5.91 Å². The molecule has 2 aromatic heterocycles. The van der Waals surface area contributed by atoms with Gasteiger partial charge in [0, 0.05) is 47.7 Å². The summed E-state index contributed by atoms with van der Waals surface area (Å²) in [4.78, 5) is 31.0. The van der Waals surface area contributed by atoms with Gasteiger partial charge in [-0.25, -0.2) is 0 Å². The van der Waals surface area contributed by atoms with Crippen molar-refractivity contribution in [2.45, 2.75) is 13.1 Å². The van der Waals surface area contributed by atoms with E-state index in [0.717, 1.165) is 71.0 Å². The highest BCUT2D eigenvalue weighted by Gasteiger charge is 2.32. The van der Waals surface area contributed by atoms with Crippen LogP contribution in [0.15, 0.2) is 54.6 Å². The van der Waals surface area contributed by atoms with Crippen molar-refractivity contribution in [1.82, 2.24) is 20.0 Å². The summed E-state index contributed by atoms with van der Waals surface area (Å²) in [5, 5.41) is 8.80. The van der Waals surface area contributed by atoms with Crippen LogP contribution in [0.4, 0.5) is 5.69 Å². The number of H-pyrrole nitrogens is 1. The zero-order valence-corrected chi connectivity index (χ0v) is 21.6. The quantitative estimate of drug-likeness (QED) is 0.249. The van der Waals surface area contributed by atoms with Crippen LogP contribution in [-0.4, -0.2) is 64.7 Å². The maximum atomic E-state index is 13.1. The molecular formula is C28H28N6O3S. The zero-order valence-electron chi connectivity index (χ0n) is 20.8. The van der Waals surface area contributed by atoms with Crippen molar-refractivity contribution in [2.75, 3.05) is 38.6 Å². The first-order valence-corrected chi connectivity index (χ1v) is 13.3. The Bertz CT molecular complexity index is 1580. The largest absolute Gasteiger partial charge is 0.398 e. The van der Waals surface area contributed by atoms with E-state index in [2.05, 4.69) is 39.9 Å². The number of carbonyl (C=O) groups is 2. The van der Waals surface area contributed by atoms with Crippen LogP contribution in [0, 0.1) is 0 Å². The predicted octanol–water partition coefficient (Wildman–Crippen LogP) is 3.37. The third-order valence-electron chi connectivity index (χ3n) is 7.18. The molecule has 0 bridgehead atoms. The zero-order chi connectivity index (χ0) is 26.4. The van der Waals surface area contributed by atoms with Gasteiger partial charge in [0.15, 0.2) is 0 Å². The first-order valence-electron chi connectivity index (χ1n) is 12.4. The highest BCUT2D eigenvalue weighted by atomic mass is 32.1. The lowest BCUT2D eigenvalue weighted by Gasteiger charge is -2.25. The number of nitrogen functional groups attached to an aromatic ring is 1. The molecule has 2 aliphatic heterocycles. The smallest absolute Gasteiger partial charge is 0.256 e. The first-order chi connectivity index (χ1) is 18.4. The van der Waals surface area contributed by atoms with Gasteiger partial charge >= 0.3 is 0 Å². The van der Waals surface area contributed by atoms with Gasteiger partial charge in [-0.1, -0.05) is 18.7 Å². The lowest BCUT2D eigenvalue weighted by Crippen LogP contribution is -2.35. The Morgan fingerprint density at radius 2 is 1.97 bits per heavy atom. The van der Waals surface area contributed by atoms with Crippen LogP contribution in [0.5, 0.6) is 0 Å². The Labute approximate surface area is 223 Å². The third-order valence-corrected chi connectivity index (χ3v) is 8.25. The second kappa shape index (κ2) is 9.71. The maximum absolute atomic E-state index is 13.1. The van der Waals surface area contributed by atoms with E-state index in [1.54, 1.807) is 22.3 Å². The molecule has 0 atom stereocenters. The summed E-state index contributed by atoms with van der Waals surface area (Å²) in [6, 6.07) is 14.1. The van der Waals surface area contributed by atoms with E-state index >= 15 is 0 Å². The number of nitrogens with zero attached hydrogens (tertiary/aromatic N) is 3. The predicted molar refractivity (Wildman–Crippen MR) is 148 cm³/mol. The molecule has 0 spiro atoms. The van der Waals surface area contributed by atoms with Gasteiger partial charge in [0.1, 0.15) is 5.69 Å². The molecule has 0 aliphatic carbocycles. The highest BCUT2D eigenvalue weighted by Crippen LogP contribution is 2.39. The number of aromatic nitrogens is 2. The Hall–Kier alpha value is -3.99. The normalized spacial score (nSPS) is 15.8. The van der Waals surface area contributed by atoms with E-state index in [0.29, 0.717) is 17.8 Å². The molecule has 0 radical (unpaired) electrons. The van der Waals surface area contributed by atoms with Crippen LogP contribution in [0.3, 0.4) is 0 Å². The van der Waals surface area contributed by atoms with Gasteiger partial charge in [-0.2, -0.15) is 5.10 Å². The van der Waals surface area contributed by atoms with Crippen molar-refractivity contribution in [2.24, 2.45) is 5.73 Å². The number of aromatic amines is 1. The van der Waals surface area contributed by atoms with E-state index in [9.17, 15) is 9.59 Å². The fraction of sp³-hybridized carbons (Fsp3) is 0.250. The average molecular weight is 529 g/mol. The molecule has 0 unspecified atom stereocenters.